The molecule has 19 heavy (non-hydrogen) atoms. The minimum absolute atomic E-state index is 0.357. The van der Waals surface area contributed by atoms with Crippen LogP contribution >= 0.6 is 0 Å². The molecular formula is C14H18N2O3. The molecule has 0 spiro atoms. The van der Waals surface area contributed by atoms with Gasteiger partial charge in [-0.1, -0.05) is 6.92 Å². The number of amides is 1. The molecular weight excluding hydrogens is 244 g/mol. The second-order valence-electron chi connectivity index (χ2n) is 4.32. The third-order valence-corrected chi connectivity index (χ3v) is 3.11. The maximum atomic E-state index is 12.1. The van der Waals surface area contributed by atoms with E-state index in [2.05, 4.69) is 5.32 Å². The van der Waals surface area contributed by atoms with Crippen molar-refractivity contribution in [1.29, 1.82) is 5.26 Å². The predicted octanol–water partition coefficient (Wildman–Crippen LogP) is 2.58. The van der Waals surface area contributed by atoms with E-state index >= 15 is 0 Å². The summed E-state index contributed by atoms with van der Waals surface area (Å²) in [5, 5.41) is 11.8. The van der Waals surface area contributed by atoms with E-state index in [1.165, 1.54) is 7.11 Å². The van der Waals surface area contributed by atoms with Crippen LogP contribution in [0.25, 0.3) is 0 Å². The van der Waals surface area contributed by atoms with Crippen LogP contribution in [-0.4, -0.2) is 20.1 Å². The fourth-order valence-corrected chi connectivity index (χ4v) is 1.46. The number of carbonyl (C=O) groups is 1. The summed E-state index contributed by atoms with van der Waals surface area (Å²) < 4.78 is 10.3. The summed E-state index contributed by atoms with van der Waals surface area (Å²) in [4.78, 5) is 12.1. The van der Waals surface area contributed by atoms with Crippen LogP contribution in [0.1, 0.15) is 20.3 Å². The Labute approximate surface area is 113 Å². The van der Waals surface area contributed by atoms with Crippen molar-refractivity contribution in [2.24, 2.45) is 5.41 Å². The summed E-state index contributed by atoms with van der Waals surface area (Å²) in [6.45, 7) is 3.40. The molecule has 0 aliphatic rings. The molecule has 0 fully saturated rings. The zero-order valence-electron chi connectivity index (χ0n) is 11.6. The minimum Gasteiger partial charge on any atom is -0.497 e. The zero-order valence-corrected chi connectivity index (χ0v) is 11.6. The number of benzene rings is 1. The van der Waals surface area contributed by atoms with Crippen LogP contribution in [0, 0.1) is 16.7 Å². The van der Waals surface area contributed by atoms with Crippen molar-refractivity contribution >= 4 is 11.6 Å². The number of methoxy groups -OCH3 is 2. The van der Waals surface area contributed by atoms with E-state index in [0.717, 1.165) is 0 Å². The molecule has 0 aromatic heterocycles. The molecule has 1 N–H and O–H groups in total. The van der Waals surface area contributed by atoms with Crippen LogP contribution in [0.3, 0.4) is 0 Å². The summed E-state index contributed by atoms with van der Waals surface area (Å²) in [7, 11) is 3.06. The van der Waals surface area contributed by atoms with Crippen molar-refractivity contribution in [3.63, 3.8) is 0 Å². The van der Waals surface area contributed by atoms with Gasteiger partial charge in [0, 0.05) is 6.07 Å². The Morgan fingerprint density at radius 3 is 2.58 bits per heavy atom. The lowest BCUT2D eigenvalue weighted by Gasteiger charge is -2.20. The Bertz CT molecular complexity index is 508. The van der Waals surface area contributed by atoms with Gasteiger partial charge in [0.15, 0.2) is 0 Å². The largest absolute Gasteiger partial charge is 0.497 e. The summed E-state index contributed by atoms with van der Waals surface area (Å²) in [5.41, 5.74) is -0.574. The average Bonchev–Trinajstić information content (AvgIpc) is 2.46. The van der Waals surface area contributed by atoms with Gasteiger partial charge in [-0.2, -0.15) is 5.26 Å². The van der Waals surface area contributed by atoms with Crippen molar-refractivity contribution in [2.45, 2.75) is 20.3 Å². The second-order valence-corrected chi connectivity index (χ2v) is 4.32. The number of ether oxygens (including phenoxy) is 2. The SMILES string of the molecule is CCC(C)(C#N)C(=O)Nc1cc(OC)ccc1OC. The summed E-state index contributed by atoms with van der Waals surface area (Å²) in [6, 6.07) is 7.12. The first-order valence-corrected chi connectivity index (χ1v) is 5.95. The molecule has 1 aromatic rings. The van der Waals surface area contributed by atoms with Gasteiger partial charge in [-0.15, -0.1) is 0 Å². The third-order valence-electron chi connectivity index (χ3n) is 3.11. The Kier molecular flexibility index (Phi) is 4.76. The Morgan fingerprint density at radius 1 is 1.42 bits per heavy atom. The number of anilines is 1. The highest BCUT2D eigenvalue weighted by atomic mass is 16.5. The minimum atomic E-state index is -1.06. The molecule has 0 radical (unpaired) electrons. The molecule has 1 unspecified atom stereocenters. The molecule has 0 aliphatic carbocycles. The van der Waals surface area contributed by atoms with Crippen LogP contribution in [0.4, 0.5) is 5.69 Å². The van der Waals surface area contributed by atoms with E-state index in [1.807, 2.05) is 6.07 Å². The van der Waals surface area contributed by atoms with Gasteiger partial charge in [-0.05, 0) is 25.5 Å². The predicted molar refractivity (Wildman–Crippen MR) is 72.2 cm³/mol. The fourth-order valence-electron chi connectivity index (χ4n) is 1.46. The molecule has 102 valence electrons. The molecule has 5 heteroatoms. The standard InChI is InChI=1S/C14H18N2O3/c1-5-14(2,9-15)13(17)16-11-8-10(18-3)6-7-12(11)19-4/h6-8H,5H2,1-4H3,(H,16,17). The van der Waals surface area contributed by atoms with Gasteiger partial charge in [-0.3, -0.25) is 4.79 Å². The Balaban J connectivity index is 3.05. The van der Waals surface area contributed by atoms with E-state index in [9.17, 15) is 4.79 Å². The van der Waals surface area contributed by atoms with Crippen LogP contribution in [0.15, 0.2) is 18.2 Å². The van der Waals surface area contributed by atoms with Crippen LogP contribution in [-0.2, 0) is 4.79 Å². The molecule has 1 atom stereocenters. The van der Waals surface area contributed by atoms with Crippen molar-refractivity contribution < 1.29 is 14.3 Å². The van der Waals surface area contributed by atoms with Gasteiger partial charge in [0.05, 0.1) is 26.0 Å². The smallest absolute Gasteiger partial charge is 0.244 e. The third kappa shape index (κ3) is 3.16. The van der Waals surface area contributed by atoms with Crippen molar-refractivity contribution in [2.75, 3.05) is 19.5 Å². The molecule has 1 aromatic carbocycles. The summed E-state index contributed by atoms with van der Waals surface area (Å²) >= 11 is 0. The number of rotatable bonds is 5. The van der Waals surface area contributed by atoms with Crippen LogP contribution < -0.4 is 14.8 Å². The number of carbonyl (C=O) groups excluding carboxylic acids is 1. The number of nitrogens with zero attached hydrogens (tertiary/aromatic N) is 1. The van der Waals surface area contributed by atoms with Gasteiger partial charge in [0.2, 0.25) is 5.91 Å². The monoisotopic (exact) mass is 262 g/mol. The highest BCUT2D eigenvalue weighted by Gasteiger charge is 2.31. The maximum Gasteiger partial charge on any atom is 0.244 e. The first-order chi connectivity index (χ1) is 9.00. The van der Waals surface area contributed by atoms with Gasteiger partial charge < -0.3 is 14.8 Å². The molecule has 5 nitrogen and oxygen atoms in total. The number of nitrogens with one attached hydrogen (secondary N) is 1. The highest BCUT2D eigenvalue weighted by Crippen LogP contribution is 2.31. The normalized spacial score (nSPS) is 13.0. The van der Waals surface area contributed by atoms with Crippen molar-refractivity contribution in [3.8, 4) is 17.6 Å². The van der Waals surface area contributed by atoms with Gasteiger partial charge in [0.25, 0.3) is 0 Å². The Hall–Kier alpha value is -2.22. The van der Waals surface area contributed by atoms with E-state index in [1.54, 1.807) is 39.2 Å². The summed E-state index contributed by atoms with van der Waals surface area (Å²) in [6.07, 6.45) is 0.432. The molecule has 0 aliphatic heterocycles. The zero-order chi connectivity index (χ0) is 14.5. The quantitative estimate of drug-likeness (QED) is 0.885. The van der Waals surface area contributed by atoms with E-state index in [0.29, 0.717) is 23.6 Å². The molecule has 1 amide bonds. The Morgan fingerprint density at radius 2 is 2.11 bits per heavy atom. The average molecular weight is 262 g/mol. The first kappa shape index (κ1) is 14.8. The highest BCUT2D eigenvalue weighted by molar-refractivity contribution is 5.98. The molecule has 0 heterocycles. The van der Waals surface area contributed by atoms with Gasteiger partial charge in [-0.25, -0.2) is 0 Å². The number of hydrogen-bond donors (Lipinski definition) is 1. The number of nitriles is 1. The first-order valence-electron chi connectivity index (χ1n) is 5.95. The van der Waals surface area contributed by atoms with Gasteiger partial charge >= 0.3 is 0 Å². The maximum absolute atomic E-state index is 12.1. The molecule has 0 saturated carbocycles. The lowest BCUT2D eigenvalue weighted by atomic mass is 9.88. The fraction of sp³-hybridized carbons (Fsp3) is 0.429. The lowest BCUT2D eigenvalue weighted by Crippen LogP contribution is -2.31. The molecule has 0 bridgehead atoms. The molecule has 1 rings (SSSR count). The van der Waals surface area contributed by atoms with Crippen molar-refractivity contribution in [3.05, 3.63) is 18.2 Å². The van der Waals surface area contributed by atoms with Crippen LogP contribution in [0.2, 0.25) is 0 Å². The second kappa shape index (κ2) is 6.10. The van der Waals surface area contributed by atoms with E-state index < -0.39 is 5.41 Å². The van der Waals surface area contributed by atoms with Crippen LogP contribution in [0.5, 0.6) is 11.5 Å². The summed E-state index contributed by atoms with van der Waals surface area (Å²) in [5.74, 6) is 0.765. The molecule has 0 saturated heterocycles. The lowest BCUT2D eigenvalue weighted by molar-refractivity contribution is -0.122. The van der Waals surface area contributed by atoms with E-state index in [-0.39, 0.29) is 5.91 Å². The van der Waals surface area contributed by atoms with E-state index in [4.69, 9.17) is 14.7 Å². The number of hydrogen-bond acceptors (Lipinski definition) is 4. The topological polar surface area (TPSA) is 71.4 Å². The van der Waals surface area contributed by atoms with Gasteiger partial charge in [0.1, 0.15) is 16.9 Å². The van der Waals surface area contributed by atoms with Crippen molar-refractivity contribution in [1.82, 2.24) is 0 Å².